The van der Waals surface area contributed by atoms with E-state index >= 15 is 4.39 Å². The van der Waals surface area contributed by atoms with Crippen molar-refractivity contribution in [2.24, 2.45) is 0 Å². The number of imidazole rings is 1. The molecule has 8 nitrogen and oxygen atoms in total. The standard InChI is InChI=1S/C19H17FN6O2/c20-19(12-4-2-1-3-5-12)10-25(11-19)15-8-14(24-26-7-6-21-16(15)26)13-9-22-18(28)23-17(13)27/h1-8,13H,9-11H2,(H2,22,23,27,28). The predicted octanol–water partition coefficient (Wildman–Crippen LogP) is 1.34. The molecule has 3 aromatic rings. The van der Waals surface area contributed by atoms with Crippen LogP contribution >= 0.6 is 0 Å². The number of nitrogens with zero attached hydrogens (tertiary/aromatic N) is 4. The van der Waals surface area contributed by atoms with Gasteiger partial charge in [0.1, 0.15) is 0 Å². The van der Waals surface area contributed by atoms with E-state index in [1.807, 2.05) is 23.1 Å². The van der Waals surface area contributed by atoms with Crippen molar-refractivity contribution >= 4 is 23.3 Å². The number of carbonyl (C=O) groups is 2. The SMILES string of the molecule is O=C1NCC(c2cc(N3CC(F)(c4ccccc4)C3)c3nccn3n2)C(=O)N1. The molecule has 9 heteroatoms. The highest BCUT2D eigenvalue weighted by Crippen LogP contribution is 2.40. The van der Waals surface area contributed by atoms with Gasteiger partial charge in [-0.2, -0.15) is 5.10 Å². The van der Waals surface area contributed by atoms with E-state index in [0.29, 0.717) is 22.6 Å². The summed E-state index contributed by atoms with van der Waals surface area (Å²) in [6.07, 6.45) is 3.29. The summed E-state index contributed by atoms with van der Waals surface area (Å²) < 4.78 is 16.8. The van der Waals surface area contributed by atoms with Gasteiger partial charge < -0.3 is 10.2 Å². The highest BCUT2D eigenvalue weighted by atomic mass is 19.1. The van der Waals surface area contributed by atoms with Crippen LogP contribution in [0, 0.1) is 0 Å². The largest absolute Gasteiger partial charge is 0.361 e. The van der Waals surface area contributed by atoms with Crippen LogP contribution in [0.1, 0.15) is 17.2 Å². The van der Waals surface area contributed by atoms with E-state index in [-0.39, 0.29) is 19.6 Å². The number of nitrogens with one attached hydrogen (secondary N) is 2. The molecule has 2 aliphatic heterocycles. The Labute approximate surface area is 159 Å². The highest BCUT2D eigenvalue weighted by molar-refractivity contribution is 6.00. The van der Waals surface area contributed by atoms with E-state index in [0.717, 1.165) is 0 Å². The molecule has 0 aliphatic carbocycles. The monoisotopic (exact) mass is 380 g/mol. The van der Waals surface area contributed by atoms with Gasteiger partial charge in [-0.25, -0.2) is 18.7 Å². The third kappa shape index (κ3) is 2.58. The minimum Gasteiger partial charge on any atom is -0.361 e. The van der Waals surface area contributed by atoms with Crippen LogP contribution in [0.5, 0.6) is 0 Å². The minimum absolute atomic E-state index is 0.161. The Hall–Kier alpha value is -3.49. The fraction of sp³-hybridized carbons (Fsp3) is 0.263. The van der Waals surface area contributed by atoms with Crippen molar-refractivity contribution in [2.75, 3.05) is 24.5 Å². The van der Waals surface area contributed by atoms with E-state index in [4.69, 9.17) is 0 Å². The average molecular weight is 380 g/mol. The average Bonchev–Trinajstić information content (AvgIpc) is 3.14. The van der Waals surface area contributed by atoms with E-state index < -0.39 is 23.5 Å². The Morgan fingerprint density at radius 3 is 2.71 bits per heavy atom. The highest BCUT2D eigenvalue weighted by Gasteiger charge is 2.46. The maximum absolute atomic E-state index is 15.3. The normalized spacial score (nSPS) is 21.2. The van der Waals surface area contributed by atoms with Gasteiger partial charge in [0.15, 0.2) is 11.3 Å². The molecule has 2 aromatic heterocycles. The molecule has 0 radical (unpaired) electrons. The molecule has 2 aliphatic rings. The zero-order chi connectivity index (χ0) is 19.3. The molecule has 0 spiro atoms. The van der Waals surface area contributed by atoms with Gasteiger partial charge in [0.2, 0.25) is 5.91 Å². The molecule has 3 amide bonds. The van der Waals surface area contributed by atoms with Crippen LogP contribution < -0.4 is 15.5 Å². The van der Waals surface area contributed by atoms with Crippen molar-refractivity contribution in [2.45, 2.75) is 11.6 Å². The Morgan fingerprint density at radius 1 is 1.18 bits per heavy atom. The number of urea groups is 1. The number of fused-ring (bicyclic) bond motifs is 1. The van der Waals surface area contributed by atoms with Crippen LogP contribution in [-0.2, 0) is 10.5 Å². The lowest BCUT2D eigenvalue weighted by Gasteiger charge is -2.46. The van der Waals surface area contributed by atoms with E-state index in [1.165, 1.54) is 0 Å². The number of amides is 3. The van der Waals surface area contributed by atoms with Crippen LogP contribution in [0.4, 0.5) is 14.9 Å². The molecule has 1 unspecified atom stereocenters. The minimum atomic E-state index is -1.43. The van der Waals surface area contributed by atoms with Crippen molar-refractivity contribution in [3.8, 4) is 0 Å². The lowest BCUT2D eigenvalue weighted by atomic mass is 9.87. The molecule has 5 rings (SSSR count). The van der Waals surface area contributed by atoms with Crippen LogP contribution in [0.2, 0.25) is 0 Å². The fourth-order valence-electron chi connectivity index (χ4n) is 3.74. The third-order valence-corrected chi connectivity index (χ3v) is 5.25. The number of aromatic nitrogens is 3. The number of imide groups is 1. The zero-order valence-electron chi connectivity index (χ0n) is 14.8. The van der Waals surface area contributed by atoms with Gasteiger partial charge in [-0.15, -0.1) is 0 Å². The van der Waals surface area contributed by atoms with Crippen molar-refractivity contribution in [3.05, 3.63) is 60.0 Å². The summed E-state index contributed by atoms with van der Waals surface area (Å²) >= 11 is 0. The topological polar surface area (TPSA) is 91.6 Å². The van der Waals surface area contributed by atoms with Gasteiger partial charge in [-0.1, -0.05) is 30.3 Å². The predicted molar refractivity (Wildman–Crippen MR) is 98.7 cm³/mol. The molecule has 2 fully saturated rings. The van der Waals surface area contributed by atoms with Gasteiger partial charge in [0.05, 0.1) is 30.4 Å². The lowest BCUT2D eigenvalue weighted by molar-refractivity contribution is -0.122. The summed E-state index contributed by atoms with van der Waals surface area (Å²) in [6.45, 7) is 0.543. The van der Waals surface area contributed by atoms with Crippen molar-refractivity contribution < 1.29 is 14.0 Å². The number of halogens is 1. The Bertz CT molecular complexity index is 1080. The number of anilines is 1. The zero-order valence-corrected chi connectivity index (χ0v) is 14.8. The first-order valence-corrected chi connectivity index (χ1v) is 8.96. The van der Waals surface area contributed by atoms with Gasteiger partial charge in [-0.3, -0.25) is 10.1 Å². The summed E-state index contributed by atoms with van der Waals surface area (Å²) in [5, 5.41) is 9.31. The number of alkyl halides is 1. The molecule has 0 saturated carbocycles. The molecule has 4 heterocycles. The van der Waals surface area contributed by atoms with Crippen molar-refractivity contribution in [1.29, 1.82) is 0 Å². The quantitative estimate of drug-likeness (QED) is 0.716. The van der Waals surface area contributed by atoms with Crippen LogP contribution in [0.15, 0.2) is 48.8 Å². The first kappa shape index (κ1) is 16.7. The maximum Gasteiger partial charge on any atom is 0.321 e. The van der Waals surface area contributed by atoms with Crippen LogP contribution in [0.3, 0.4) is 0 Å². The summed E-state index contributed by atoms with van der Waals surface area (Å²) in [6, 6.07) is 10.3. The lowest BCUT2D eigenvalue weighted by Crippen LogP contribution is -2.57. The molecule has 1 aromatic carbocycles. The number of hydrogen-bond donors (Lipinski definition) is 2. The van der Waals surface area contributed by atoms with E-state index in [1.54, 1.807) is 35.1 Å². The molecule has 142 valence electrons. The summed E-state index contributed by atoms with van der Waals surface area (Å²) in [7, 11) is 0. The van der Waals surface area contributed by atoms with Crippen molar-refractivity contribution in [3.63, 3.8) is 0 Å². The first-order valence-electron chi connectivity index (χ1n) is 8.96. The second-order valence-corrected chi connectivity index (χ2v) is 7.09. The number of benzene rings is 1. The molecule has 28 heavy (non-hydrogen) atoms. The molecular weight excluding hydrogens is 363 g/mol. The second kappa shape index (κ2) is 6.01. The maximum atomic E-state index is 15.3. The van der Waals surface area contributed by atoms with Crippen LogP contribution in [-0.4, -0.2) is 46.2 Å². The van der Waals surface area contributed by atoms with Crippen molar-refractivity contribution in [1.82, 2.24) is 25.2 Å². The van der Waals surface area contributed by atoms with Gasteiger partial charge in [0.25, 0.3) is 0 Å². The Balaban J connectivity index is 1.48. The third-order valence-electron chi connectivity index (χ3n) is 5.25. The summed E-state index contributed by atoms with van der Waals surface area (Å²) in [4.78, 5) is 29.8. The summed E-state index contributed by atoms with van der Waals surface area (Å²) in [5.74, 6) is -1.02. The van der Waals surface area contributed by atoms with Gasteiger partial charge >= 0.3 is 6.03 Å². The molecular formula is C19H17FN6O2. The van der Waals surface area contributed by atoms with Gasteiger partial charge in [-0.05, 0) is 11.6 Å². The van der Waals surface area contributed by atoms with E-state index in [9.17, 15) is 9.59 Å². The molecule has 1 atom stereocenters. The summed E-state index contributed by atoms with van der Waals surface area (Å²) in [5.41, 5.74) is 1.02. The van der Waals surface area contributed by atoms with Crippen LogP contribution in [0.25, 0.3) is 5.65 Å². The Kier molecular flexibility index (Phi) is 3.58. The second-order valence-electron chi connectivity index (χ2n) is 7.09. The number of carbonyl (C=O) groups excluding carboxylic acids is 2. The molecule has 0 bridgehead atoms. The molecule has 2 saturated heterocycles. The molecule has 2 N–H and O–H groups in total. The fourth-order valence-corrected chi connectivity index (χ4v) is 3.74. The number of rotatable bonds is 3. The first-order chi connectivity index (χ1) is 13.5. The number of hydrogen-bond acceptors (Lipinski definition) is 5. The smallest absolute Gasteiger partial charge is 0.321 e. The van der Waals surface area contributed by atoms with Gasteiger partial charge in [0, 0.05) is 18.9 Å². The Morgan fingerprint density at radius 2 is 1.96 bits per heavy atom. The van der Waals surface area contributed by atoms with E-state index in [2.05, 4.69) is 20.7 Å².